The first kappa shape index (κ1) is 16.9. The molecule has 0 aromatic heterocycles. The number of benzene rings is 2. The summed E-state index contributed by atoms with van der Waals surface area (Å²) in [5, 5.41) is 5.82. The zero-order valence-electron chi connectivity index (χ0n) is 11.5. The zero-order valence-corrected chi connectivity index (χ0v) is 14.5. The third-order valence-electron chi connectivity index (χ3n) is 3.34. The molecule has 0 radical (unpaired) electrons. The molecule has 0 amide bonds. The van der Waals surface area contributed by atoms with Crippen molar-refractivity contribution in [2.24, 2.45) is 0 Å². The first-order valence-electron chi connectivity index (χ1n) is 6.64. The van der Waals surface area contributed by atoms with Gasteiger partial charge in [-0.3, -0.25) is 0 Å². The van der Waals surface area contributed by atoms with Gasteiger partial charge in [0.15, 0.2) is 0 Å². The van der Waals surface area contributed by atoms with E-state index in [0.717, 1.165) is 17.0 Å². The Labute approximate surface area is 145 Å². The molecule has 1 nitrogen and oxygen atoms in total. The van der Waals surface area contributed by atoms with E-state index in [1.807, 2.05) is 24.3 Å². The third kappa shape index (κ3) is 4.28. The lowest BCUT2D eigenvalue weighted by Crippen LogP contribution is -2.20. The highest BCUT2D eigenvalue weighted by atomic mass is 35.5. The molecule has 1 atom stereocenters. The average molecular weight is 363 g/mol. The lowest BCUT2D eigenvalue weighted by Gasteiger charge is -2.19. The second-order valence-corrected chi connectivity index (χ2v) is 6.34. The topological polar surface area (TPSA) is 12.0 Å². The second-order valence-electron chi connectivity index (χ2n) is 4.72. The van der Waals surface area contributed by atoms with E-state index in [4.69, 9.17) is 46.4 Å². The van der Waals surface area contributed by atoms with Crippen molar-refractivity contribution in [3.05, 3.63) is 67.6 Å². The van der Waals surface area contributed by atoms with E-state index in [2.05, 4.69) is 12.2 Å². The van der Waals surface area contributed by atoms with Gasteiger partial charge in [0.05, 0.1) is 10.0 Å². The smallest absolute Gasteiger partial charge is 0.0652 e. The van der Waals surface area contributed by atoms with Crippen molar-refractivity contribution < 1.29 is 0 Å². The SMILES string of the molecule is CCC(NCc1c(Cl)ccc(Cl)c1Cl)c1ccc(Cl)cc1. The Hall–Kier alpha value is -0.440. The molecule has 0 saturated heterocycles. The minimum Gasteiger partial charge on any atom is -0.306 e. The molecule has 0 aliphatic carbocycles. The fourth-order valence-electron chi connectivity index (χ4n) is 2.15. The maximum Gasteiger partial charge on any atom is 0.0652 e. The van der Waals surface area contributed by atoms with Gasteiger partial charge in [-0.05, 0) is 36.2 Å². The van der Waals surface area contributed by atoms with Crippen molar-refractivity contribution in [1.82, 2.24) is 5.32 Å². The minimum atomic E-state index is 0.202. The van der Waals surface area contributed by atoms with E-state index < -0.39 is 0 Å². The van der Waals surface area contributed by atoms with Gasteiger partial charge in [-0.15, -0.1) is 0 Å². The van der Waals surface area contributed by atoms with Gasteiger partial charge in [-0.25, -0.2) is 0 Å². The molecule has 21 heavy (non-hydrogen) atoms. The highest BCUT2D eigenvalue weighted by Gasteiger charge is 2.13. The molecule has 2 aromatic carbocycles. The van der Waals surface area contributed by atoms with Gasteiger partial charge in [0.25, 0.3) is 0 Å². The number of halogens is 4. The Kier molecular flexibility index (Phi) is 6.21. The monoisotopic (exact) mass is 361 g/mol. The second kappa shape index (κ2) is 7.71. The molecule has 0 heterocycles. The first-order chi connectivity index (χ1) is 10.0. The molecule has 0 aliphatic rings. The lowest BCUT2D eigenvalue weighted by atomic mass is 10.0. The van der Waals surface area contributed by atoms with Crippen molar-refractivity contribution in [1.29, 1.82) is 0 Å². The molecule has 5 heteroatoms. The third-order valence-corrected chi connectivity index (χ3v) is 4.79. The van der Waals surface area contributed by atoms with Crippen LogP contribution in [0.5, 0.6) is 0 Å². The molecular weight excluding hydrogens is 348 g/mol. The maximum atomic E-state index is 6.22. The van der Waals surface area contributed by atoms with Crippen LogP contribution >= 0.6 is 46.4 Å². The van der Waals surface area contributed by atoms with Crippen molar-refractivity contribution in [3.8, 4) is 0 Å². The molecular formula is C16H15Cl4N. The molecule has 2 rings (SSSR count). The molecule has 1 N–H and O–H groups in total. The van der Waals surface area contributed by atoms with E-state index >= 15 is 0 Å². The van der Waals surface area contributed by atoms with Gasteiger partial charge in [-0.2, -0.15) is 0 Å². The number of rotatable bonds is 5. The maximum absolute atomic E-state index is 6.22. The van der Waals surface area contributed by atoms with Gasteiger partial charge in [0.1, 0.15) is 0 Å². The van der Waals surface area contributed by atoms with Crippen molar-refractivity contribution in [3.63, 3.8) is 0 Å². The van der Waals surface area contributed by atoms with E-state index in [1.165, 1.54) is 5.56 Å². The molecule has 2 aromatic rings. The van der Waals surface area contributed by atoms with E-state index in [1.54, 1.807) is 12.1 Å². The summed E-state index contributed by atoms with van der Waals surface area (Å²) in [5.41, 5.74) is 1.99. The molecule has 0 saturated carbocycles. The fraction of sp³-hybridized carbons (Fsp3) is 0.250. The van der Waals surface area contributed by atoms with Crippen LogP contribution in [0.15, 0.2) is 36.4 Å². The fourth-order valence-corrected chi connectivity index (χ4v) is 2.96. The highest BCUT2D eigenvalue weighted by Crippen LogP contribution is 2.32. The summed E-state index contributed by atoms with van der Waals surface area (Å²) >= 11 is 24.4. The van der Waals surface area contributed by atoms with Crippen molar-refractivity contribution in [2.75, 3.05) is 0 Å². The zero-order chi connectivity index (χ0) is 15.4. The Balaban J connectivity index is 2.14. The van der Waals surface area contributed by atoms with Crippen LogP contribution in [0, 0.1) is 0 Å². The van der Waals surface area contributed by atoms with Gasteiger partial charge >= 0.3 is 0 Å². The standard InChI is InChI=1S/C16H15Cl4N/c1-2-15(10-3-5-11(17)6-4-10)21-9-12-13(18)7-8-14(19)16(12)20/h3-8,15,21H,2,9H2,1H3. The van der Waals surface area contributed by atoms with Crippen LogP contribution in [-0.2, 0) is 6.54 Å². The minimum absolute atomic E-state index is 0.202. The summed E-state index contributed by atoms with van der Waals surface area (Å²) < 4.78 is 0. The first-order valence-corrected chi connectivity index (χ1v) is 8.15. The Bertz CT molecular complexity index is 610. The van der Waals surface area contributed by atoms with Crippen LogP contribution in [0.1, 0.15) is 30.5 Å². The quantitative estimate of drug-likeness (QED) is 0.595. The van der Waals surface area contributed by atoms with Crippen LogP contribution in [-0.4, -0.2) is 0 Å². The van der Waals surface area contributed by atoms with Gasteiger partial charge in [-0.1, -0.05) is 65.5 Å². The van der Waals surface area contributed by atoms with Gasteiger partial charge in [0.2, 0.25) is 0 Å². The summed E-state index contributed by atoms with van der Waals surface area (Å²) in [7, 11) is 0. The predicted molar refractivity (Wildman–Crippen MR) is 92.8 cm³/mol. The summed E-state index contributed by atoms with van der Waals surface area (Å²) in [6, 6.07) is 11.5. The normalized spacial score (nSPS) is 12.4. The van der Waals surface area contributed by atoms with Crippen LogP contribution in [0.3, 0.4) is 0 Å². The Morgan fingerprint density at radius 1 is 0.905 bits per heavy atom. The summed E-state index contributed by atoms with van der Waals surface area (Å²) in [5.74, 6) is 0. The predicted octanol–water partition coefficient (Wildman–Crippen LogP) is 6.54. The van der Waals surface area contributed by atoms with Gasteiger partial charge in [0, 0.05) is 28.2 Å². The summed E-state index contributed by atoms with van der Waals surface area (Å²) in [4.78, 5) is 0. The van der Waals surface area contributed by atoms with E-state index in [9.17, 15) is 0 Å². The molecule has 112 valence electrons. The van der Waals surface area contributed by atoms with Crippen LogP contribution in [0.2, 0.25) is 20.1 Å². The molecule has 1 unspecified atom stereocenters. The lowest BCUT2D eigenvalue weighted by molar-refractivity contribution is 0.519. The average Bonchev–Trinajstić information content (AvgIpc) is 2.48. The van der Waals surface area contributed by atoms with Gasteiger partial charge < -0.3 is 5.32 Å². The number of nitrogens with one attached hydrogen (secondary N) is 1. The molecule has 0 bridgehead atoms. The highest BCUT2D eigenvalue weighted by molar-refractivity contribution is 6.44. The van der Waals surface area contributed by atoms with E-state index in [-0.39, 0.29) is 6.04 Å². The molecule has 0 aliphatic heterocycles. The molecule has 0 spiro atoms. The van der Waals surface area contributed by atoms with Crippen LogP contribution < -0.4 is 5.32 Å². The van der Waals surface area contributed by atoms with E-state index in [0.29, 0.717) is 21.6 Å². The summed E-state index contributed by atoms with van der Waals surface area (Å²) in [6.45, 7) is 2.67. The van der Waals surface area contributed by atoms with Crippen LogP contribution in [0.25, 0.3) is 0 Å². The summed E-state index contributed by atoms with van der Waals surface area (Å²) in [6.07, 6.45) is 0.942. The van der Waals surface area contributed by atoms with Crippen LogP contribution in [0.4, 0.5) is 0 Å². The Morgan fingerprint density at radius 3 is 2.14 bits per heavy atom. The van der Waals surface area contributed by atoms with Crippen molar-refractivity contribution >= 4 is 46.4 Å². The Morgan fingerprint density at radius 2 is 1.52 bits per heavy atom. The number of hydrogen-bond acceptors (Lipinski definition) is 1. The molecule has 0 fully saturated rings. The van der Waals surface area contributed by atoms with Crippen molar-refractivity contribution in [2.45, 2.75) is 25.9 Å². The largest absolute Gasteiger partial charge is 0.306 e. The number of hydrogen-bond donors (Lipinski definition) is 1.